The maximum Gasteiger partial charge on any atom is 0.333 e. The molecule has 0 heterocycles. The van der Waals surface area contributed by atoms with Gasteiger partial charge in [0, 0.05) is 18.8 Å². The van der Waals surface area contributed by atoms with Gasteiger partial charge in [-0.2, -0.15) is 13.5 Å². The lowest BCUT2D eigenvalue weighted by Gasteiger charge is -2.22. The van der Waals surface area contributed by atoms with Crippen LogP contribution in [0.5, 0.6) is 0 Å². The second-order valence-electron chi connectivity index (χ2n) is 6.12. The van der Waals surface area contributed by atoms with Crippen LogP contribution in [0.15, 0.2) is 49.9 Å². The largest absolute Gasteiger partial charge is 0.466 e. The number of hydrogen-bond donors (Lipinski definition) is 0. The van der Waals surface area contributed by atoms with E-state index in [9.17, 15) is 17.1 Å². The van der Waals surface area contributed by atoms with E-state index < -0.39 is 15.1 Å². The van der Waals surface area contributed by atoms with Gasteiger partial charge in [0.1, 0.15) is 10.6 Å². The number of rotatable bonds is 9. The van der Waals surface area contributed by atoms with Crippen LogP contribution in [-0.2, 0) is 19.8 Å². The molecule has 0 spiro atoms. The molecule has 2 aromatic rings. The van der Waals surface area contributed by atoms with Gasteiger partial charge in [0.15, 0.2) is 0 Å². The van der Waals surface area contributed by atoms with Crippen molar-refractivity contribution < 1.29 is 21.8 Å². The van der Waals surface area contributed by atoms with E-state index in [0.29, 0.717) is 25.4 Å². The molecule has 0 amide bonds. The van der Waals surface area contributed by atoms with Crippen LogP contribution in [0, 0.1) is 0 Å². The van der Waals surface area contributed by atoms with Crippen LogP contribution in [0.3, 0.4) is 0 Å². The number of halogens is 4. The summed E-state index contributed by atoms with van der Waals surface area (Å²) in [7, 11) is -5.04. The molecule has 0 aromatic heterocycles. The number of carbonyl (C=O) groups excluding carboxylic acids is 1. The molecule has 0 unspecified atom stereocenters. The Labute approximate surface area is 198 Å². The number of carbonyl (C=O) groups is 1. The number of nitrogens with zero attached hydrogens (tertiary/aromatic N) is 3. The van der Waals surface area contributed by atoms with Crippen molar-refractivity contribution in [1.29, 1.82) is 0 Å². The van der Waals surface area contributed by atoms with E-state index in [0.717, 1.165) is 11.8 Å². The van der Waals surface area contributed by atoms with Crippen LogP contribution in [0.4, 0.5) is 20.9 Å². The van der Waals surface area contributed by atoms with E-state index in [-0.39, 0.29) is 32.6 Å². The van der Waals surface area contributed by atoms with Crippen LogP contribution >= 0.6 is 39.1 Å². The second-order valence-corrected chi connectivity index (χ2v) is 9.02. The monoisotopic (exact) mass is 553 g/mol. The number of benzene rings is 2. The van der Waals surface area contributed by atoms with Gasteiger partial charge in [-0.15, -0.1) is 9.00 Å². The van der Waals surface area contributed by atoms with E-state index in [1.807, 2.05) is 24.0 Å². The highest BCUT2D eigenvalue weighted by molar-refractivity contribution is 9.10. The molecule has 2 aromatic carbocycles. The summed E-state index contributed by atoms with van der Waals surface area (Å²) in [6.07, 6.45) is 0.279. The summed E-state index contributed by atoms with van der Waals surface area (Å²) in [4.78, 5) is 12.8. The Balaban J connectivity index is 2.19. The Morgan fingerprint density at radius 2 is 1.84 bits per heavy atom. The maximum absolute atomic E-state index is 13.3. The molecule has 0 saturated heterocycles. The van der Waals surface area contributed by atoms with Crippen LogP contribution < -0.4 is 4.90 Å². The van der Waals surface area contributed by atoms with Gasteiger partial charge in [-0.3, -0.25) is 4.79 Å². The van der Waals surface area contributed by atoms with E-state index in [1.54, 1.807) is 19.1 Å². The molecule has 0 bridgehead atoms. The minimum atomic E-state index is -5.04. The molecular weight excluding hydrogens is 536 g/mol. The average Bonchev–Trinajstić information content (AvgIpc) is 2.71. The van der Waals surface area contributed by atoms with Crippen molar-refractivity contribution in [1.82, 2.24) is 0 Å². The molecule has 12 heteroatoms. The number of azo groups is 1. The molecule has 2 rings (SSSR count). The molecule has 168 valence electrons. The highest BCUT2D eigenvalue weighted by Crippen LogP contribution is 2.43. The Kier molecular flexibility index (Phi) is 9.23. The zero-order valence-corrected chi connectivity index (χ0v) is 20.5. The molecule has 7 nitrogen and oxygen atoms in total. The Morgan fingerprint density at radius 3 is 2.39 bits per heavy atom. The highest BCUT2D eigenvalue weighted by atomic mass is 79.9. The average molecular weight is 555 g/mol. The third-order valence-corrected chi connectivity index (χ3v) is 6.76. The summed E-state index contributed by atoms with van der Waals surface area (Å²) >= 11 is 15.0. The van der Waals surface area contributed by atoms with E-state index in [1.165, 1.54) is 0 Å². The minimum Gasteiger partial charge on any atom is -0.466 e. The highest BCUT2D eigenvalue weighted by Gasteiger charge is 2.23. The van der Waals surface area contributed by atoms with Crippen LogP contribution in [-0.4, -0.2) is 34.1 Å². The zero-order valence-electron chi connectivity index (χ0n) is 16.6. The first-order valence-electron chi connectivity index (χ1n) is 9.13. The summed E-state index contributed by atoms with van der Waals surface area (Å²) in [5, 5.41) is 7.56. The molecule has 0 N–H and O–H groups in total. The topological polar surface area (TPSA) is 88.4 Å². The fourth-order valence-corrected chi connectivity index (χ4v) is 4.65. The molecule has 0 saturated carbocycles. The van der Waals surface area contributed by atoms with Crippen LogP contribution in [0.1, 0.15) is 20.3 Å². The number of anilines is 1. The third-order valence-electron chi connectivity index (χ3n) is 4.12. The van der Waals surface area contributed by atoms with E-state index in [4.69, 9.17) is 27.9 Å². The van der Waals surface area contributed by atoms with E-state index >= 15 is 0 Å². The van der Waals surface area contributed by atoms with Crippen LogP contribution in [0.25, 0.3) is 0 Å². The zero-order chi connectivity index (χ0) is 23.2. The van der Waals surface area contributed by atoms with Gasteiger partial charge in [-0.1, -0.05) is 23.2 Å². The summed E-state index contributed by atoms with van der Waals surface area (Å²) in [6, 6.07) is 7.96. The van der Waals surface area contributed by atoms with Crippen molar-refractivity contribution in [2.45, 2.75) is 25.2 Å². The van der Waals surface area contributed by atoms with Gasteiger partial charge in [0.05, 0.1) is 33.2 Å². The number of hydrogen-bond acceptors (Lipinski definition) is 7. The standard InChI is InChI=1S/C19H19BrCl2FN3O4S/c1-3-26(10-9-16(27)30-4-2)13-7-5-12(6-8-13)24-25-19-14(21)11-15(31(23,28)29)18(22)17(19)20/h5-8,11H,3-4,9-10H2,1-2H3/b25-24+. The molecule has 0 radical (unpaired) electrons. The van der Waals surface area contributed by atoms with Gasteiger partial charge in [-0.05, 0) is 60.1 Å². The quantitative estimate of drug-likeness (QED) is 0.150. The van der Waals surface area contributed by atoms with Gasteiger partial charge in [0.25, 0.3) is 0 Å². The smallest absolute Gasteiger partial charge is 0.333 e. The molecule has 31 heavy (non-hydrogen) atoms. The van der Waals surface area contributed by atoms with Crippen molar-refractivity contribution in [2.75, 3.05) is 24.6 Å². The van der Waals surface area contributed by atoms with Crippen molar-refractivity contribution >= 4 is 72.4 Å². The summed E-state index contributed by atoms with van der Waals surface area (Å²) in [5.41, 5.74) is 1.45. The minimum absolute atomic E-state index is 0.00869. The Bertz CT molecular complexity index is 1080. The fourth-order valence-electron chi connectivity index (χ4n) is 2.60. The van der Waals surface area contributed by atoms with Crippen molar-refractivity contribution in [3.8, 4) is 0 Å². The number of ether oxygens (including phenoxy) is 1. The predicted octanol–water partition coefficient (Wildman–Crippen LogP) is 6.61. The lowest BCUT2D eigenvalue weighted by Crippen LogP contribution is -2.26. The summed E-state index contributed by atoms with van der Waals surface area (Å²) < 4.78 is 40.6. The lowest BCUT2D eigenvalue weighted by atomic mass is 10.2. The maximum atomic E-state index is 13.3. The van der Waals surface area contributed by atoms with Crippen LogP contribution in [0.2, 0.25) is 10.0 Å². The van der Waals surface area contributed by atoms with E-state index in [2.05, 4.69) is 26.2 Å². The SMILES string of the molecule is CCOC(=O)CCN(CC)c1ccc(/N=N/c2c(Cl)cc(S(=O)(=O)F)c(Cl)c2Br)cc1. The van der Waals surface area contributed by atoms with Gasteiger partial charge in [-0.25, -0.2) is 0 Å². The second kappa shape index (κ2) is 11.2. The Hall–Kier alpha value is -1.75. The lowest BCUT2D eigenvalue weighted by molar-refractivity contribution is -0.142. The van der Waals surface area contributed by atoms with Gasteiger partial charge >= 0.3 is 16.2 Å². The molecule has 0 fully saturated rings. The normalized spacial score (nSPS) is 11.7. The molecule has 0 aliphatic carbocycles. The molecule has 0 aliphatic rings. The first-order chi connectivity index (χ1) is 14.6. The molecule has 0 atom stereocenters. The third kappa shape index (κ3) is 6.86. The summed E-state index contributed by atoms with van der Waals surface area (Å²) in [6.45, 7) is 5.30. The molecular formula is C19H19BrCl2FN3O4S. The Morgan fingerprint density at radius 1 is 1.19 bits per heavy atom. The molecule has 0 aliphatic heterocycles. The predicted molar refractivity (Wildman–Crippen MR) is 122 cm³/mol. The fraction of sp³-hybridized carbons (Fsp3) is 0.316. The van der Waals surface area contributed by atoms with Gasteiger partial charge < -0.3 is 9.64 Å². The summed E-state index contributed by atoms with van der Waals surface area (Å²) in [5.74, 6) is -0.251. The number of esters is 1. The van der Waals surface area contributed by atoms with Crippen molar-refractivity contribution in [3.63, 3.8) is 0 Å². The van der Waals surface area contributed by atoms with Gasteiger partial charge in [0.2, 0.25) is 0 Å². The first-order valence-corrected chi connectivity index (χ1v) is 12.1. The van der Waals surface area contributed by atoms with Crippen molar-refractivity contribution in [3.05, 3.63) is 44.8 Å². The van der Waals surface area contributed by atoms with Crippen molar-refractivity contribution in [2.24, 2.45) is 10.2 Å². The first kappa shape index (κ1) is 25.5.